The molecule has 104 valence electrons. The maximum Gasteiger partial charge on any atom is 0.252 e. The van der Waals surface area contributed by atoms with Crippen molar-refractivity contribution in [3.63, 3.8) is 0 Å². The van der Waals surface area contributed by atoms with Crippen LogP contribution in [0.3, 0.4) is 0 Å². The third-order valence-corrected chi connectivity index (χ3v) is 2.28. The molecule has 1 rings (SSSR count). The van der Waals surface area contributed by atoms with Gasteiger partial charge in [-0.15, -0.1) is 0 Å². The molecule has 0 aliphatic rings. The Morgan fingerprint density at radius 3 is 2.53 bits per heavy atom. The Bertz CT molecular complexity index is 409. The molecule has 0 radical (unpaired) electrons. The molecule has 0 fully saturated rings. The van der Waals surface area contributed by atoms with Gasteiger partial charge >= 0.3 is 0 Å². The monoisotopic (exact) mass is 265 g/mol. The number of hydrogen-bond acceptors (Lipinski definition) is 4. The highest BCUT2D eigenvalue weighted by Crippen LogP contribution is 2.07. The summed E-state index contributed by atoms with van der Waals surface area (Å²) < 4.78 is 5.51. The van der Waals surface area contributed by atoms with Gasteiger partial charge in [0.15, 0.2) is 0 Å². The van der Waals surface area contributed by atoms with E-state index in [9.17, 15) is 9.59 Å². The Morgan fingerprint density at radius 2 is 1.89 bits per heavy atom. The minimum absolute atomic E-state index is 0.193. The quantitative estimate of drug-likeness (QED) is 0.719. The van der Waals surface area contributed by atoms with Crippen LogP contribution in [0.25, 0.3) is 0 Å². The fourth-order valence-electron chi connectivity index (χ4n) is 1.36. The molecular weight excluding hydrogens is 246 g/mol. The summed E-state index contributed by atoms with van der Waals surface area (Å²) in [5, 5.41) is 0. The van der Waals surface area contributed by atoms with Crippen molar-refractivity contribution in [2.24, 2.45) is 0 Å². The van der Waals surface area contributed by atoms with Gasteiger partial charge in [-0.3, -0.25) is 25.3 Å². The van der Waals surface area contributed by atoms with Crippen LogP contribution in [-0.2, 0) is 9.59 Å². The molecular formula is C13H19N3O3. The molecule has 1 aromatic carbocycles. The summed E-state index contributed by atoms with van der Waals surface area (Å²) in [6.45, 7) is 2.63. The van der Waals surface area contributed by atoms with Crippen LogP contribution in [0.4, 0.5) is 0 Å². The van der Waals surface area contributed by atoms with Crippen molar-refractivity contribution in [3.8, 4) is 5.75 Å². The van der Waals surface area contributed by atoms with E-state index in [2.05, 4.69) is 10.9 Å². The number of para-hydroxylation sites is 1. The Kier molecular flexibility index (Phi) is 6.38. The average Bonchev–Trinajstić information content (AvgIpc) is 2.37. The van der Waals surface area contributed by atoms with Crippen LogP contribution in [-0.4, -0.2) is 43.5 Å². The maximum atomic E-state index is 11.4. The first-order valence-electron chi connectivity index (χ1n) is 5.99. The molecule has 6 nitrogen and oxygen atoms in total. The smallest absolute Gasteiger partial charge is 0.252 e. The van der Waals surface area contributed by atoms with E-state index in [1.54, 1.807) is 4.90 Å². The zero-order chi connectivity index (χ0) is 14.1. The lowest BCUT2D eigenvalue weighted by Gasteiger charge is -2.16. The topological polar surface area (TPSA) is 70.7 Å². The molecule has 0 aromatic heterocycles. The van der Waals surface area contributed by atoms with Crippen molar-refractivity contribution in [2.75, 3.05) is 26.7 Å². The highest BCUT2D eigenvalue weighted by Gasteiger charge is 2.06. The summed E-state index contributed by atoms with van der Waals surface area (Å²) in [6.07, 6.45) is 0. The number of rotatable bonds is 6. The number of amides is 2. The summed E-state index contributed by atoms with van der Waals surface area (Å²) in [4.78, 5) is 23.8. The van der Waals surface area contributed by atoms with Gasteiger partial charge in [0.25, 0.3) is 5.91 Å². The number of nitrogens with one attached hydrogen (secondary N) is 2. The first-order chi connectivity index (χ1) is 9.08. The highest BCUT2D eigenvalue weighted by molar-refractivity contribution is 5.81. The largest absolute Gasteiger partial charge is 0.492 e. The Balaban J connectivity index is 2.15. The molecule has 0 saturated heterocycles. The van der Waals surface area contributed by atoms with E-state index < -0.39 is 0 Å². The molecule has 0 spiro atoms. The number of hydrazine groups is 1. The summed E-state index contributed by atoms with van der Waals surface area (Å²) in [5.41, 5.74) is 4.54. The second kappa shape index (κ2) is 8.10. The van der Waals surface area contributed by atoms with E-state index in [1.165, 1.54) is 6.92 Å². The van der Waals surface area contributed by atoms with Crippen molar-refractivity contribution in [1.82, 2.24) is 15.8 Å². The Morgan fingerprint density at radius 1 is 1.21 bits per heavy atom. The van der Waals surface area contributed by atoms with Crippen molar-refractivity contribution < 1.29 is 14.3 Å². The molecule has 0 aliphatic carbocycles. The fourth-order valence-corrected chi connectivity index (χ4v) is 1.36. The van der Waals surface area contributed by atoms with E-state index in [4.69, 9.17) is 4.74 Å². The zero-order valence-electron chi connectivity index (χ0n) is 11.2. The number of carbonyl (C=O) groups is 2. The molecule has 2 N–H and O–H groups in total. The molecule has 0 unspecified atom stereocenters. The van der Waals surface area contributed by atoms with Crippen LogP contribution < -0.4 is 15.6 Å². The highest BCUT2D eigenvalue weighted by atomic mass is 16.5. The van der Waals surface area contributed by atoms with E-state index in [-0.39, 0.29) is 18.4 Å². The van der Waals surface area contributed by atoms with Gasteiger partial charge < -0.3 is 4.74 Å². The van der Waals surface area contributed by atoms with Crippen molar-refractivity contribution in [3.05, 3.63) is 30.3 Å². The maximum absolute atomic E-state index is 11.4. The molecule has 0 bridgehead atoms. The van der Waals surface area contributed by atoms with E-state index >= 15 is 0 Å². The summed E-state index contributed by atoms with van der Waals surface area (Å²) in [6, 6.07) is 9.48. The standard InChI is InChI=1S/C13H19N3O3/c1-11(17)14-15-13(18)10-16(2)8-9-19-12-6-4-3-5-7-12/h3-7H,8-10H2,1-2H3,(H,14,17)(H,15,18). The normalized spacial score (nSPS) is 10.1. The SMILES string of the molecule is CC(=O)NNC(=O)CN(C)CCOc1ccccc1. The number of nitrogens with zero attached hydrogens (tertiary/aromatic N) is 1. The third-order valence-electron chi connectivity index (χ3n) is 2.28. The Labute approximate surface area is 112 Å². The first-order valence-corrected chi connectivity index (χ1v) is 5.99. The van der Waals surface area contributed by atoms with Crippen LogP contribution in [0.5, 0.6) is 5.75 Å². The van der Waals surface area contributed by atoms with Gasteiger partial charge in [-0.25, -0.2) is 0 Å². The third kappa shape index (κ3) is 7.05. The van der Waals surface area contributed by atoms with E-state index in [0.29, 0.717) is 13.2 Å². The minimum Gasteiger partial charge on any atom is -0.492 e. The molecule has 0 aliphatic heterocycles. The molecule has 19 heavy (non-hydrogen) atoms. The van der Waals surface area contributed by atoms with Crippen LogP contribution in [0, 0.1) is 0 Å². The molecule has 0 heterocycles. The lowest BCUT2D eigenvalue weighted by atomic mass is 10.3. The molecule has 0 saturated carbocycles. The van der Waals surface area contributed by atoms with Crippen molar-refractivity contribution >= 4 is 11.8 Å². The molecule has 2 amide bonds. The Hall–Kier alpha value is -2.08. The van der Waals surface area contributed by atoms with E-state index in [0.717, 1.165) is 5.75 Å². The molecule has 1 aromatic rings. The summed E-state index contributed by atoms with van der Waals surface area (Å²) in [7, 11) is 1.81. The summed E-state index contributed by atoms with van der Waals surface area (Å²) in [5.74, 6) is 0.236. The van der Waals surface area contributed by atoms with Gasteiger partial charge in [-0.05, 0) is 19.2 Å². The van der Waals surface area contributed by atoms with E-state index in [1.807, 2.05) is 37.4 Å². The number of hydrogen-bond donors (Lipinski definition) is 2. The predicted octanol–water partition coefficient (Wildman–Crippen LogP) is 0.165. The fraction of sp³-hybridized carbons (Fsp3) is 0.385. The van der Waals surface area contributed by atoms with Crippen LogP contribution >= 0.6 is 0 Å². The van der Waals surface area contributed by atoms with Gasteiger partial charge in [0.2, 0.25) is 5.91 Å². The lowest BCUT2D eigenvalue weighted by molar-refractivity contribution is -0.128. The zero-order valence-corrected chi connectivity index (χ0v) is 11.2. The second-order valence-corrected chi connectivity index (χ2v) is 4.13. The van der Waals surface area contributed by atoms with Gasteiger partial charge in [0, 0.05) is 13.5 Å². The van der Waals surface area contributed by atoms with Gasteiger partial charge in [-0.1, -0.05) is 18.2 Å². The van der Waals surface area contributed by atoms with Crippen LogP contribution in [0.1, 0.15) is 6.92 Å². The summed E-state index contributed by atoms with van der Waals surface area (Å²) >= 11 is 0. The van der Waals surface area contributed by atoms with Gasteiger partial charge in [-0.2, -0.15) is 0 Å². The minimum atomic E-state index is -0.302. The van der Waals surface area contributed by atoms with Crippen molar-refractivity contribution in [2.45, 2.75) is 6.92 Å². The number of benzene rings is 1. The lowest BCUT2D eigenvalue weighted by Crippen LogP contribution is -2.45. The van der Waals surface area contributed by atoms with Gasteiger partial charge in [0.1, 0.15) is 12.4 Å². The molecule has 0 atom stereocenters. The second-order valence-electron chi connectivity index (χ2n) is 4.13. The molecule has 6 heteroatoms. The van der Waals surface area contributed by atoms with Crippen molar-refractivity contribution in [1.29, 1.82) is 0 Å². The number of ether oxygens (including phenoxy) is 1. The van der Waals surface area contributed by atoms with Crippen LogP contribution in [0.15, 0.2) is 30.3 Å². The first kappa shape index (κ1) is 15.0. The number of likely N-dealkylation sites (N-methyl/N-ethyl adjacent to an activating group) is 1. The predicted molar refractivity (Wildman–Crippen MR) is 71.4 cm³/mol. The average molecular weight is 265 g/mol. The number of carbonyl (C=O) groups excluding carboxylic acids is 2. The van der Waals surface area contributed by atoms with Crippen LogP contribution in [0.2, 0.25) is 0 Å². The van der Waals surface area contributed by atoms with Gasteiger partial charge in [0.05, 0.1) is 6.54 Å².